The highest BCUT2D eigenvalue weighted by atomic mass is 35.5. The Labute approximate surface area is 125 Å². The van der Waals surface area contributed by atoms with Crippen LogP contribution in [0.2, 0.25) is 5.02 Å². The maximum absolute atomic E-state index is 11.9. The third-order valence-electron chi connectivity index (χ3n) is 2.71. The van der Waals surface area contributed by atoms with Crippen molar-refractivity contribution in [1.29, 1.82) is 0 Å². The molecule has 2 aromatic rings. The van der Waals surface area contributed by atoms with E-state index in [0.717, 1.165) is 0 Å². The third kappa shape index (κ3) is 3.22. The standard InChI is InChI=1S/C14H13ClN2O4/c1-3-21-14(19)10-7-16-12(17-13(10)18)9-5-4-8(15)6-11(9)20-2/h4-7H,3H2,1-2H3,(H,16,17,18). The van der Waals surface area contributed by atoms with Crippen LogP contribution in [0.1, 0.15) is 17.3 Å². The number of nitrogens with one attached hydrogen (secondary N) is 1. The van der Waals surface area contributed by atoms with E-state index in [0.29, 0.717) is 16.3 Å². The summed E-state index contributed by atoms with van der Waals surface area (Å²) in [5.74, 6) is 0.0389. The number of ether oxygens (including phenoxy) is 2. The number of hydrogen-bond acceptors (Lipinski definition) is 5. The van der Waals surface area contributed by atoms with Gasteiger partial charge in [0.05, 0.1) is 19.3 Å². The summed E-state index contributed by atoms with van der Waals surface area (Å²) < 4.78 is 9.97. The second-order valence-electron chi connectivity index (χ2n) is 4.04. The van der Waals surface area contributed by atoms with Crippen LogP contribution in [0.15, 0.2) is 29.2 Å². The van der Waals surface area contributed by atoms with Gasteiger partial charge in [-0.15, -0.1) is 0 Å². The van der Waals surface area contributed by atoms with Gasteiger partial charge >= 0.3 is 5.97 Å². The minimum atomic E-state index is -0.708. The molecule has 0 unspecified atom stereocenters. The van der Waals surface area contributed by atoms with Gasteiger partial charge in [0.1, 0.15) is 17.1 Å². The zero-order valence-corrected chi connectivity index (χ0v) is 12.2. The van der Waals surface area contributed by atoms with Gasteiger partial charge in [0.15, 0.2) is 0 Å². The molecule has 0 amide bonds. The van der Waals surface area contributed by atoms with Crippen molar-refractivity contribution >= 4 is 17.6 Å². The van der Waals surface area contributed by atoms with Gasteiger partial charge in [0, 0.05) is 11.2 Å². The summed E-state index contributed by atoms with van der Waals surface area (Å²) >= 11 is 5.88. The molecule has 21 heavy (non-hydrogen) atoms. The fraction of sp³-hybridized carbons (Fsp3) is 0.214. The molecule has 0 aliphatic rings. The topological polar surface area (TPSA) is 81.3 Å². The Morgan fingerprint density at radius 2 is 2.19 bits per heavy atom. The molecule has 2 rings (SSSR count). The molecular weight excluding hydrogens is 296 g/mol. The van der Waals surface area contributed by atoms with Crippen molar-refractivity contribution in [3.8, 4) is 17.1 Å². The monoisotopic (exact) mass is 308 g/mol. The SMILES string of the molecule is CCOC(=O)c1cnc(-c2ccc(Cl)cc2OC)[nH]c1=O. The summed E-state index contributed by atoms with van der Waals surface area (Å²) in [6.45, 7) is 1.84. The number of halogens is 1. The van der Waals surface area contributed by atoms with Crippen molar-refractivity contribution < 1.29 is 14.3 Å². The molecule has 0 atom stereocenters. The van der Waals surface area contributed by atoms with Crippen LogP contribution < -0.4 is 10.3 Å². The van der Waals surface area contributed by atoms with E-state index < -0.39 is 11.5 Å². The fourth-order valence-electron chi connectivity index (χ4n) is 1.75. The van der Waals surface area contributed by atoms with E-state index in [1.54, 1.807) is 25.1 Å². The summed E-state index contributed by atoms with van der Waals surface area (Å²) in [5, 5.41) is 0.501. The number of carbonyl (C=O) groups excluding carboxylic acids is 1. The molecule has 0 aliphatic carbocycles. The van der Waals surface area contributed by atoms with Gasteiger partial charge in [-0.05, 0) is 25.1 Å². The van der Waals surface area contributed by atoms with Crippen LogP contribution in [0.25, 0.3) is 11.4 Å². The molecule has 1 aromatic heterocycles. The fourth-order valence-corrected chi connectivity index (χ4v) is 1.91. The maximum atomic E-state index is 11.9. The van der Waals surface area contributed by atoms with E-state index >= 15 is 0 Å². The summed E-state index contributed by atoms with van der Waals surface area (Å²) in [7, 11) is 1.49. The van der Waals surface area contributed by atoms with Gasteiger partial charge in [-0.25, -0.2) is 9.78 Å². The van der Waals surface area contributed by atoms with Gasteiger partial charge in [-0.2, -0.15) is 0 Å². The lowest BCUT2D eigenvalue weighted by Crippen LogP contribution is -2.21. The molecule has 7 heteroatoms. The number of methoxy groups -OCH3 is 1. The van der Waals surface area contributed by atoms with E-state index in [2.05, 4.69) is 9.97 Å². The summed E-state index contributed by atoms with van der Waals surface area (Å²) in [6.07, 6.45) is 1.18. The number of nitrogens with zero attached hydrogens (tertiary/aromatic N) is 1. The number of H-pyrrole nitrogens is 1. The average Bonchev–Trinajstić information content (AvgIpc) is 2.47. The van der Waals surface area contributed by atoms with Crippen LogP contribution in [0, 0.1) is 0 Å². The largest absolute Gasteiger partial charge is 0.496 e. The number of aromatic amines is 1. The number of carbonyl (C=O) groups is 1. The smallest absolute Gasteiger partial charge is 0.345 e. The highest BCUT2D eigenvalue weighted by Crippen LogP contribution is 2.29. The maximum Gasteiger partial charge on any atom is 0.345 e. The molecule has 0 fully saturated rings. The number of benzene rings is 1. The lowest BCUT2D eigenvalue weighted by atomic mass is 10.2. The second-order valence-corrected chi connectivity index (χ2v) is 4.48. The predicted octanol–water partition coefficient (Wildman–Crippen LogP) is 2.28. The molecule has 0 spiro atoms. The molecule has 0 saturated heterocycles. The molecule has 0 aliphatic heterocycles. The first-order chi connectivity index (χ1) is 10.1. The molecule has 0 bridgehead atoms. The second kappa shape index (κ2) is 6.41. The van der Waals surface area contributed by atoms with E-state index in [1.165, 1.54) is 13.3 Å². The molecule has 1 N–H and O–H groups in total. The minimum Gasteiger partial charge on any atom is -0.496 e. The first-order valence-corrected chi connectivity index (χ1v) is 6.55. The Morgan fingerprint density at radius 3 is 2.81 bits per heavy atom. The van der Waals surface area contributed by atoms with Crippen molar-refractivity contribution in [2.45, 2.75) is 6.92 Å². The van der Waals surface area contributed by atoms with E-state index in [4.69, 9.17) is 21.1 Å². The van der Waals surface area contributed by atoms with Gasteiger partial charge < -0.3 is 14.5 Å². The molecule has 1 heterocycles. The Hall–Kier alpha value is -2.34. The van der Waals surface area contributed by atoms with E-state index in [9.17, 15) is 9.59 Å². The van der Waals surface area contributed by atoms with Crippen LogP contribution in [0.3, 0.4) is 0 Å². The Kier molecular flexibility index (Phi) is 4.59. The van der Waals surface area contributed by atoms with Gasteiger partial charge in [0.2, 0.25) is 0 Å². The molecule has 0 saturated carbocycles. The Balaban J connectivity index is 2.46. The highest BCUT2D eigenvalue weighted by molar-refractivity contribution is 6.30. The molecule has 110 valence electrons. The summed E-state index contributed by atoms with van der Waals surface area (Å²) in [6, 6.07) is 4.93. The first kappa shape index (κ1) is 15.1. The minimum absolute atomic E-state index is 0.145. The van der Waals surface area contributed by atoms with Crippen LogP contribution >= 0.6 is 11.6 Å². The zero-order valence-electron chi connectivity index (χ0n) is 11.5. The van der Waals surface area contributed by atoms with Crippen LogP contribution in [0.5, 0.6) is 5.75 Å². The number of esters is 1. The van der Waals surface area contributed by atoms with Crippen molar-refractivity contribution in [2.24, 2.45) is 0 Å². The van der Waals surface area contributed by atoms with E-state index in [1.807, 2.05) is 0 Å². The van der Waals surface area contributed by atoms with Gasteiger partial charge in [0.25, 0.3) is 5.56 Å². The first-order valence-electron chi connectivity index (χ1n) is 6.17. The van der Waals surface area contributed by atoms with Crippen molar-refractivity contribution in [3.63, 3.8) is 0 Å². The molecular formula is C14H13ClN2O4. The van der Waals surface area contributed by atoms with Crippen molar-refractivity contribution in [1.82, 2.24) is 9.97 Å². The van der Waals surface area contributed by atoms with Gasteiger partial charge in [-0.3, -0.25) is 4.79 Å². The van der Waals surface area contributed by atoms with Crippen LogP contribution in [0.4, 0.5) is 0 Å². The zero-order chi connectivity index (χ0) is 15.4. The lowest BCUT2D eigenvalue weighted by Gasteiger charge is -2.08. The van der Waals surface area contributed by atoms with E-state index in [-0.39, 0.29) is 18.0 Å². The molecule has 0 radical (unpaired) electrons. The van der Waals surface area contributed by atoms with Crippen molar-refractivity contribution in [2.75, 3.05) is 13.7 Å². The highest BCUT2D eigenvalue weighted by Gasteiger charge is 2.15. The quantitative estimate of drug-likeness (QED) is 0.876. The van der Waals surface area contributed by atoms with Gasteiger partial charge in [-0.1, -0.05) is 11.6 Å². The number of rotatable bonds is 4. The summed E-state index contributed by atoms with van der Waals surface area (Å²) in [5.41, 5.74) is -0.154. The average molecular weight is 309 g/mol. The third-order valence-corrected chi connectivity index (χ3v) is 2.95. The molecule has 1 aromatic carbocycles. The number of aromatic nitrogens is 2. The molecule has 6 nitrogen and oxygen atoms in total. The lowest BCUT2D eigenvalue weighted by molar-refractivity contribution is 0.0524. The normalized spacial score (nSPS) is 10.2. The van der Waals surface area contributed by atoms with Crippen molar-refractivity contribution in [3.05, 3.63) is 45.3 Å². The Bertz CT molecular complexity index is 727. The number of hydrogen-bond donors (Lipinski definition) is 1. The van der Waals surface area contributed by atoms with Crippen LogP contribution in [-0.2, 0) is 4.74 Å². The van der Waals surface area contributed by atoms with Crippen LogP contribution in [-0.4, -0.2) is 29.7 Å². The Morgan fingerprint density at radius 1 is 1.43 bits per heavy atom. The summed E-state index contributed by atoms with van der Waals surface area (Å²) in [4.78, 5) is 30.1. The predicted molar refractivity (Wildman–Crippen MR) is 77.8 cm³/mol.